The average molecular weight is 972 g/mol. The van der Waals surface area contributed by atoms with Crippen LogP contribution in [0.5, 0.6) is 11.5 Å². The number of aromatic nitrogens is 2. The number of benzene rings is 8. The number of hydrogen-bond donors (Lipinski definition) is 0. The van der Waals surface area contributed by atoms with E-state index >= 15 is 0 Å². The summed E-state index contributed by atoms with van der Waals surface area (Å²) in [5.41, 5.74) is 15.4. The molecule has 11 aromatic rings. The molecule has 0 bridgehead atoms. The maximum absolute atomic E-state index is 8.92. The van der Waals surface area contributed by atoms with Gasteiger partial charge in [-0.3, -0.25) is 4.57 Å². The monoisotopic (exact) mass is 972 g/mol. The Hall–Kier alpha value is -8.09. The molecule has 0 saturated heterocycles. The van der Waals surface area contributed by atoms with E-state index in [1.54, 1.807) is 0 Å². The van der Waals surface area contributed by atoms with Crippen molar-refractivity contribution >= 4 is 66.5 Å². The van der Waals surface area contributed by atoms with E-state index in [9.17, 15) is 0 Å². The third-order valence-corrected chi connectivity index (χ3v) is 15.0. The summed E-state index contributed by atoms with van der Waals surface area (Å²) < 4.78 is 42.8. The SMILES string of the molecule is [2H]C([2H])([2H])c1cc(C(C)(C)C)cc(C)c1-c1cc(-n2c3ccccc3c3ccc(Oc4cc(N5CN(c6cc(C(C)(C)C)cc(C(C)(C)C)c6)c6ccccc65)cc5c4oc4ccccc45)cc32)ncc1-c1ccccc1. The molecule has 368 valence electrons. The summed E-state index contributed by atoms with van der Waals surface area (Å²) in [5, 5.41) is 4.05. The first-order chi connectivity index (χ1) is 36.6. The zero-order valence-electron chi connectivity index (χ0n) is 47.1. The number of nitrogens with zero attached hydrogens (tertiary/aromatic N) is 4. The molecule has 0 fully saturated rings. The van der Waals surface area contributed by atoms with Crippen LogP contribution < -0.4 is 14.5 Å². The van der Waals surface area contributed by atoms with Crippen LogP contribution in [-0.2, 0) is 16.2 Å². The molecule has 0 N–H and O–H groups in total. The van der Waals surface area contributed by atoms with Crippen molar-refractivity contribution in [2.24, 2.45) is 0 Å². The predicted octanol–water partition coefficient (Wildman–Crippen LogP) is 19.0. The second-order valence-electron chi connectivity index (χ2n) is 23.2. The van der Waals surface area contributed by atoms with E-state index in [-0.39, 0.29) is 16.2 Å². The van der Waals surface area contributed by atoms with Gasteiger partial charge in [-0.2, -0.15) is 0 Å². The Balaban J connectivity index is 1.02. The van der Waals surface area contributed by atoms with Crippen molar-refractivity contribution in [1.29, 1.82) is 0 Å². The lowest BCUT2D eigenvalue weighted by Gasteiger charge is -2.29. The molecule has 0 amide bonds. The topological polar surface area (TPSA) is 46.7 Å². The first-order valence-electron chi connectivity index (χ1n) is 27.3. The first kappa shape index (κ1) is 43.5. The molecular formula is C68H64N4O2. The predicted molar refractivity (Wildman–Crippen MR) is 311 cm³/mol. The van der Waals surface area contributed by atoms with E-state index < -0.39 is 6.85 Å². The molecule has 8 aromatic carbocycles. The normalized spacial score (nSPS) is 14.0. The minimum atomic E-state index is -2.38. The number of pyridine rings is 1. The Kier molecular flexibility index (Phi) is 10.1. The van der Waals surface area contributed by atoms with E-state index in [1.165, 1.54) is 11.1 Å². The summed E-state index contributed by atoms with van der Waals surface area (Å²) in [6.45, 7) is 20.3. The minimum absolute atomic E-state index is 0.0398. The second-order valence-corrected chi connectivity index (χ2v) is 23.2. The Morgan fingerprint density at radius 2 is 1.12 bits per heavy atom. The molecule has 1 aliphatic rings. The van der Waals surface area contributed by atoms with Crippen LogP contribution in [0.25, 0.3) is 71.8 Å². The van der Waals surface area contributed by atoms with E-state index in [0.29, 0.717) is 40.7 Å². The van der Waals surface area contributed by atoms with Gasteiger partial charge in [0.2, 0.25) is 0 Å². The van der Waals surface area contributed by atoms with Crippen molar-refractivity contribution in [2.45, 2.75) is 92.3 Å². The van der Waals surface area contributed by atoms with E-state index in [1.807, 2.05) is 61.7 Å². The molecule has 0 atom stereocenters. The van der Waals surface area contributed by atoms with Gasteiger partial charge < -0.3 is 19.0 Å². The molecule has 0 saturated carbocycles. The minimum Gasteiger partial charge on any atom is -0.453 e. The highest BCUT2D eigenvalue weighted by atomic mass is 16.5. The molecule has 3 aromatic heterocycles. The quantitative estimate of drug-likeness (QED) is 0.159. The van der Waals surface area contributed by atoms with Gasteiger partial charge in [0.25, 0.3) is 0 Å². The van der Waals surface area contributed by atoms with E-state index in [2.05, 4.69) is 198 Å². The van der Waals surface area contributed by atoms with Gasteiger partial charge in [0.05, 0.1) is 22.4 Å². The van der Waals surface area contributed by atoms with Gasteiger partial charge in [0.1, 0.15) is 23.8 Å². The zero-order chi connectivity index (χ0) is 53.9. The molecule has 0 radical (unpaired) electrons. The molecule has 12 rings (SSSR count). The fourth-order valence-electron chi connectivity index (χ4n) is 10.9. The number of furan rings is 1. The van der Waals surface area contributed by atoms with Gasteiger partial charge >= 0.3 is 0 Å². The van der Waals surface area contributed by atoms with Gasteiger partial charge in [-0.25, -0.2) is 4.98 Å². The highest BCUT2D eigenvalue weighted by molar-refractivity contribution is 6.11. The summed E-state index contributed by atoms with van der Waals surface area (Å²) in [6.07, 6.45) is 1.90. The van der Waals surface area contributed by atoms with Crippen LogP contribution in [0.4, 0.5) is 22.7 Å². The number of ether oxygens (including phenoxy) is 1. The second kappa shape index (κ2) is 17.3. The Labute approximate surface area is 439 Å². The van der Waals surface area contributed by atoms with Crippen molar-refractivity contribution < 1.29 is 13.3 Å². The van der Waals surface area contributed by atoms with Crippen molar-refractivity contribution in [3.8, 4) is 39.6 Å². The van der Waals surface area contributed by atoms with Crippen LogP contribution in [0.3, 0.4) is 0 Å². The Morgan fingerprint density at radius 1 is 0.527 bits per heavy atom. The molecule has 74 heavy (non-hydrogen) atoms. The molecule has 6 nitrogen and oxygen atoms in total. The summed E-state index contributed by atoms with van der Waals surface area (Å²) in [5.74, 6) is 1.87. The third kappa shape index (κ3) is 8.08. The molecule has 4 heterocycles. The average Bonchev–Trinajstić information content (AvgIpc) is 4.25. The van der Waals surface area contributed by atoms with Crippen LogP contribution in [0.2, 0.25) is 0 Å². The lowest BCUT2D eigenvalue weighted by Crippen LogP contribution is -2.25. The lowest BCUT2D eigenvalue weighted by atomic mass is 9.80. The lowest BCUT2D eigenvalue weighted by molar-refractivity contribution is 0.477. The number of rotatable bonds is 7. The Morgan fingerprint density at radius 3 is 1.81 bits per heavy atom. The van der Waals surface area contributed by atoms with Gasteiger partial charge in [-0.1, -0.05) is 159 Å². The van der Waals surface area contributed by atoms with E-state index in [0.717, 1.165) is 88.7 Å². The molecule has 0 aliphatic carbocycles. The van der Waals surface area contributed by atoms with Gasteiger partial charge in [0, 0.05) is 60.9 Å². The van der Waals surface area contributed by atoms with Crippen molar-refractivity contribution in [2.75, 3.05) is 16.5 Å². The maximum atomic E-state index is 8.92. The van der Waals surface area contributed by atoms with Crippen molar-refractivity contribution in [3.05, 3.63) is 204 Å². The number of para-hydroxylation sites is 4. The van der Waals surface area contributed by atoms with Gasteiger partial charge in [0.15, 0.2) is 11.3 Å². The van der Waals surface area contributed by atoms with Crippen LogP contribution >= 0.6 is 0 Å². The fourth-order valence-corrected chi connectivity index (χ4v) is 10.9. The van der Waals surface area contributed by atoms with E-state index in [4.69, 9.17) is 18.3 Å². The first-order valence-corrected chi connectivity index (χ1v) is 25.8. The smallest absolute Gasteiger partial charge is 0.178 e. The summed E-state index contributed by atoms with van der Waals surface area (Å²) in [4.78, 5) is 10.0. The van der Waals surface area contributed by atoms with Crippen LogP contribution in [-0.4, -0.2) is 16.2 Å². The standard InChI is InChI=1S/C68H64N4O2/c1-42-31-45(66(3,4)5)32-43(2)64(42)54-39-63(69-40-56(54)44-21-13-12-14-22-44)72-57-25-17-15-23-51(57)52-30-29-50(38-60(52)72)73-62-37-49(36-55-53-24-16-20-28-61(53)74-65(55)62)71-41-70(58-26-18-19-27-59(58)71)48-34-46(67(6,7)8)33-47(35-48)68(9,10)11/h12-40H,41H2,1-11H3/i1D3. The molecule has 6 heteroatoms. The summed E-state index contributed by atoms with van der Waals surface area (Å²) in [7, 11) is 0. The number of hydrogen-bond acceptors (Lipinski definition) is 5. The van der Waals surface area contributed by atoms with Crippen molar-refractivity contribution in [1.82, 2.24) is 9.55 Å². The number of anilines is 4. The van der Waals surface area contributed by atoms with Crippen LogP contribution in [0.1, 0.15) is 94.2 Å². The summed E-state index contributed by atoms with van der Waals surface area (Å²) >= 11 is 0. The maximum Gasteiger partial charge on any atom is 0.178 e. The largest absolute Gasteiger partial charge is 0.453 e. The molecule has 1 aliphatic heterocycles. The number of aryl methyl sites for hydroxylation is 2. The molecule has 0 spiro atoms. The Bertz CT molecular complexity index is 4100. The zero-order valence-corrected chi connectivity index (χ0v) is 44.1. The fraction of sp³-hybridized carbons (Fsp3) is 0.221. The number of fused-ring (bicyclic) bond motifs is 7. The molecule has 0 unspecified atom stereocenters. The highest BCUT2D eigenvalue weighted by Gasteiger charge is 2.32. The third-order valence-electron chi connectivity index (χ3n) is 15.0. The van der Waals surface area contributed by atoms with Gasteiger partial charge in [-0.15, -0.1) is 0 Å². The highest BCUT2D eigenvalue weighted by Crippen LogP contribution is 2.49. The van der Waals surface area contributed by atoms with Gasteiger partial charge in [-0.05, 0) is 135 Å². The summed E-state index contributed by atoms with van der Waals surface area (Å²) in [6, 6.07) is 59.1. The molecular weight excluding hydrogens is 905 g/mol. The van der Waals surface area contributed by atoms with Crippen LogP contribution in [0.15, 0.2) is 180 Å². The van der Waals surface area contributed by atoms with Crippen molar-refractivity contribution in [3.63, 3.8) is 0 Å². The van der Waals surface area contributed by atoms with Crippen LogP contribution in [0, 0.1) is 13.8 Å².